The van der Waals surface area contributed by atoms with E-state index in [-0.39, 0.29) is 30.1 Å². The van der Waals surface area contributed by atoms with E-state index in [0.717, 1.165) is 0 Å². The molecule has 0 unspecified atom stereocenters. The average Bonchev–Trinajstić information content (AvgIpc) is 2.16. The Morgan fingerprint density at radius 3 is 2.50 bits per heavy atom. The second-order valence-electron chi connectivity index (χ2n) is 3.48. The van der Waals surface area contributed by atoms with E-state index in [2.05, 4.69) is 0 Å². The smallest absolute Gasteiger partial charge is 0.273 e. The van der Waals surface area contributed by atoms with Crippen LogP contribution in [0.15, 0.2) is 24.3 Å². The molecular weight excluding hydrogens is 210 g/mol. The molecule has 5 heteroatoms. The van der Waals surface area contributed by atoms with Crippen LogP contribution in [0.25, 0.3) is 0 Å². The lowest BCUT2D eigenvalue weighted by molar-refractivity contribution is -0.385. The van der Waals surface area contributed by atoms with E-state index in [1.807, 2.05) is 0 Å². The predicted molar refractivity (Wildman–Crippen MR) is 57.1 cm³/mol. The van der Waals surface area contributed by atoms with Gasteiger partial charge >= 0.3 is 0 Å². The molecule has 1 aromatic carbocycles. The average molecular weight is 221 g/mol. The largest absolute Gasteiger partial charge is 0.300 e. The van der Waals surface area contributed by atoms with E-state index in [9.17, 15) is 19.7 Å². The van der Waals surface area contributed by atoms with Crippen LogP contribution in [0.2, 0.25) is 0 Å². The summed E-state index contributed by atoms with van der Waals surface area (Å²) < 4.78 is 0. The number of ketones is 2. The molecule has 0 saturated carbocycles. The fourth-order valence-corrected chi connectivity index (χ4v) is 1.39. The number of nitro groups is 1. The van der Waals surface area contributed by atoms with Crippen LogP contribution in [0.4, 0.5) is 5.69 Å². The van der Waals surface area contributed by atoms with Gasteiger partial charge in [0.25, 0.3) is 5.69 Å². The predicted octanol–water partition coefficient (Wildman–Crippen LogP) is 1.69. The van der Waals surface area contributed by atoms with Crippen LogP contribution in [-0.4, -0.2) is 16.5 Å². The Kier molecular flexibility index (Phi) is 3.88. The summed E-state index contributed by atoms with van der Waals surface area (Å²) in [7, 11) is 0. The molecule has 0 aromatic heterocycles. The van der Waals surface area contributed by atoms with Crippen LogP contribution in [-0.2, 0) is 16.0 Å². The Balaban J connectivity index is 2.84. The zero-order valence-electron chi connectivity index (χ0n) is 8.80. The zero-order valence-corrected chi connectivity index (χ0v) is 8.80. The maximum Gasteiger partial charge on any atom is 0.273 e. The lowest BCUT2D eigenvalue weighted by Gasteiger charge is -2.00. The molecule has 0 saturated heterocycles. The first-order chi connectivity index (χ1) is 7.50. The third-order valence-electron chi connectivity index (χ3n) is 2.02. The van der Waals surface area contributed by atoms with Gasteiger partial charge in [0, 0.05) is 18.1 Å². The van der Waals surface area contributed by atoms with Crippen LogP contribution >= 0.6 is 0 Å². The molecular formula is C11H11NO4. The second-order valence-corrected chi connectivity index (χ2v) is 3.48. The van der Waals surface area contributed by atoms with Gasteiger partial charge in [-0.3, -0.25) is 19.7 Å². The fraction of sp³-hybridized carbons (Fsp3) is 0.273. The first-order valence-electron chi connectivity index (χ1n) is 4.74. The number of nitro benzene ring substituents is 1. The number of carbonyl (C=O) groups is 2. The van der Waals surface area contributed by atoms with Crippen molar-refractivity contribution in [3.05, 3.63) is 39.9 Å². The molecule has 84 valence electrons. The second kappa shape index (κ2) is 5.16. The number of carbonyl (C=O) groups excluding carboxylic acids is 2. The van der Waals surface area contributed by atoms with Gasteiger partial charge in [0.1, 0.15) is 11.6 Å². The summed E-state index contributed by atoms with van der Waals surface area (Å²) in [5.41, 5.74) is 0.262. The molecule has 0 spiro atoms. The number of hydrogen-bond donors (Lipinski definition) is 0. The minimum absolute atomic E-state index is 0.0727. The van der Waals surface area contributed by atoms with Crippen molar-refractivity contribution in [3.8, 4) is 0 Å². The third-order valence-corrected chi connectivity index (χ3v) is 2.02. The molecule has 0 heterocycles. The molecule has 1 aromatic rings. The van der Waals surface area contributed by atoms with Crippen LogP contribution in [0, 0.1) is 10.1 Å². The van der Waals surface area contributed by atoms with Crippen molar-refractivity contribution in [2.45, 2.75) is 19.8 Å². The fourth-order valence-electron chi connectivity index (χ4n) is 1.39. The van der Waals surface area contributed by atoms with Crippen molar-refractivity contribution in [2.24, 2.45) is 0 Å². The topological polar surface area (TPSA) is 77.3 Å². The minimum Gasteiger partial charge on any atom is -0.300 e. The molecule has 0 radical (unpaired) electrons. The summed E-state index contributed by atoms with van der Waals surface area (Å²) in [6, 6.07) is 6.03. The quantitative estimate of drug-likeness (QED) is 0.430. The highest BCUT2D eigenvalue weighted by Crippen LogP contribution is 2.18. The van der Waals surface area contributed by atoms with Crippen molar-refractivity contribution in [1.29, 1.82) is 0 Å². The first-order valence-corrected chi connectivity index (χ1v) is 4.74. The highest BCUT2D eigenvalue weighted by Gasteiger charge is 2.15. The molecule has 0 bridgehead atoms. The number of rotatable bonds is 5. The van der Waals surface area contributed by atoms with Crippen molar-refractivity contribution in [3.63, 3.8) is 0 Å². The lowest BCUT2D eigenvalue weighted by Crippen LogP contribution is -2.08. The van der Waals surface area contributed by atoms with Crippen molar-refractivity contribution >= 4 is 17.3 Å². The minimum atomic E-state index is -0.531. The lowest BCUT2D eigenvalue weighted by atomic mass is 10.0. The van der Waals surface area contributed by atoms with Gasteiger partial charge in [0.05, 0.1) is 11.3 Å². The third kappa shape index (κ3) is 3.27. The molecule has 16 heavy (non-hydrogen) atoms. The van der Waals surface area contributed by atoms with Gasteiger partial charge in [-0.15, -0.1) is 0 Å². The number of Topliss-reactive ketones (excluding diaryl/α,β-unsaturated/α-hetero) is 2. The summed E-state index contributed by atoms with van der Waals surface area (Å²) in [4.78, 5) is 32.2. The maximum atomic E-state index is 11.4. The van der Waals surface area contributed by atoms with E-state index in [1.165, 1.54) is 25.1 Å². The summed E-state index contributed by atoms with van der Waals surface area (Å²) in [5, 5.41) is 10.7. The zero-order chi connectivity index (χ0) is 12.1. The Hall–Kier alpha value is -2.04. The maximum absolute atomic E-state index is 11.4. The molecule has 5 nitrogen and oxygen atoms in total. The van der Waals surface area contributed by atoms with Crippen molar-refractivity contribution in [1.82, 2.24) is 0 Å². The number of hydrogen-bond acceptors (Lipinski definition) is 4. The molecule has 0 N–H and O–H groups in total. The summed E-state index contributed by atoms with van der Waals surface area (Å²) in [6.07, 6.45) is -0.247. The van der Waals surface area contributed by atoms with E-state index < -0.39 is 4.92 Å². The Bertz CT molecular complexity index is 439. The molecule has 0 aliphatic heterocycles. The van der Waals surface area contributed by atoms with Crippen LogP contribution in [0.1, 0.15) is 18.9 Å². The monoisotopic (exact) mass is 221 g/mol. The number of para-hydroxylation sites is 1. The Morgan fingerprint density at radius 1 is 1.31 bits per heavy atom. The number of nitrogens with zero attached hydrogens (tertiary/aromatic N) is 1. The van der Waals surface area contributed by atoms with Crippen molar-refractivity contribution < 1.29 is 14.5 Å². The van der Waals surface area contributed by atoms with Gasteiger partial charge in [-0.2, -0.15) is 0 Å². The Morgan fingerprint density at radius 2 is 1.94 bits per heavy atom. The van der Waals surface area contributed by atoms with Gasteiger partial charge in [-0.25, -0.2) is 0 Å². The van der Waals surface area contributed by atoms with Crippen LogP contribution < -0.4 is 0 Å². The first kappa shape index (κ1) is 12.0. The highest BCUT2D eigenvalue weighted by atomic mass is 16.6. The summed E-state index contributed by atoms with van der Waals surface area (Å²) in [6.45, 7) is 1.32. The Labute approximate surface area is 92.2 Å². The van der Waals surface area contributed by atoms with E-state index in [4.69, 9.17) is 0 Å². The highest BCUT2D eigenvalue weighted by molar-refractivity contribution is 5.99. The van der Waals surface area contributed by atoms with Crippen molar-refractivity contribution in [2.75, 3.05) is 0 Å². The van der Waals surface area contributed by atoms with Gasteiger partial charge in [-0.05, 0) is 6.92 Å². The summed E-state index contributed by atoms with van der Waals surface area (Å²) >= 11 is 0. The van der Waals surface area contributed by atoms with E-state index >= 15 is 0 Å². The van der Waals surface area contributed by atoms with Gasteiger partial charge in [-0.1, -0.05) is 18.2 Å². The van der Waals surface area contributed by atoms with Crippen LogP contribution in [0.3, 0.4) is 0 Å². The van der Waals surface area contributed by atoms with Crippen LogP contribution in [0.5, 0.6) is 0 Å². The number of benzene rings is 1. The molecule has 0 amide bonds. The van der Waals surface area contributed by atoms with Gasteiger partial charge in [0.15, 0.2) is 0 Å². The van der Waals surface area contributed by atoms with E-state index in [0.29, 0.717) is 5.56 Å². The molecule has 0 aliphatic carbocycles. The molecule has 1 rings (SSSR count). The van der Waals surface area contributed by atoms with E-state index in [1.54, 1.807) is 6.07 Å². The summed E-state index contributed by atoms with van der Waals surface area (Å²) in [5.74, 6) is -0.537. The SMILES string of the molecule is CC(=O)CC(=O)Cc1ccccc1[N+](=O)[O-]. The standard InChI is InChI=1S/C11H11NO4/c1-8(13)6-10(14)7-9-4-2-3-5-11(9)12(15)16/h2-5H,6-7H2,1H3. The van der Waals surface area contributed by atoms with Gasteiger partial charge < -0.3 is 0 Å². The molecule has 0 aliphatic rings. The molecule has 0 fully saturated rings. The normalized spacial score (nSPS) is 9.81. The van der Waals surface area contributed by atoms with Gasteiger partial charge in [0.2, 0.25) is 0 Å². The molecule has 0 atom stereocenters.